The molecule has 2 aromatic rings. The molecule has 0 radical (unpaired) electrons. The van der Waals surface area contributed by atoms with Crippen molar-refractivity contribution in [3.8, 4) is 11.5 Å². The van der Waals surface area contributed by atoms with Crippen molar-refractivity contribution >= 4 is 27.5 Å². The standard InChI is InChI=1S/C22H27ClN2O5S/c1-15(2)22(16-5-10-19-20(13-16)30-12-4-11-29-19)24-21(26)14-25(3)31(27,28)18-8-6-17(23)7-9-18/h5-10,13,15,22H,4,11-12,14H2,1-3H3,(H,24,26)/t22-/m1/s1. The number of hydrogen-bond donors (Lipinski definition) is 1. The Morgan fingerprint density at radius 1 is 1.10 bits per heavy atom. The van der Waals surface area contributed by atoms with Crippen LogP contribution in [-0.2, 0) is 14.8 Å². The summed E-state index contributed by atoms with van der Waals surface area (Å²) in [5.74, 6) is 1.01. The molecular weight excluding hydrogens is 440 g/mol. The first-order chi connectivity index (χ1) is 14.7. The van der Waals surface area contributed by atoms with Gasteiger partial charge < -0.3 is 14.8 Å². The van der Waals surface area contributed by atoms with Crippen LogP contribution >= 0.6 is 11.6 Å². The van der Waals surface area contributed by atoms with Crippen LogP contribution in [0.4, 0.5) is 0 Å². The Hall–Kier alpha value is -2.29. The number of carbonyl (C=O) groups excluding carboxylic acids is 1. The van der Waals surface area contributed by atoms with Crippen molar-refractivity contribution in [1.29, 1.82) is 0 Å². The second-order valence-electron chi connectivity index (χ2n) is 7.76. The lowest BCUT2D eigenvalue weighted by Crippen LogP contribution is -2.41. The SMILES string of the molecule is CC(C)[C@@H](NC(=O)CN(C)S(=O)(=O)c1ccc(Cl)cc1)c1ccc2c(c1)OCCCO2. The third-order valence-corrected chi connectivity index (χ3v) is 7.07. The number of ether oxygens (including phenoxy) is 2. The van der Waals surface area contributed by atoms with Crippen LogP contribution in [0.5, 0.6) is 11.5 Å². The molecule has 7 nitrogen and oxygen atoms in total. The lowest BCUT2D eigenvalue weighted by Gasteiger charge is -2.25. The summed E-state index contributed by atoms with van der Waals surface area (Å²) in [5.41, 5.74) is 0.871. The van der Waals surface area contributed by atoms with E-state index in [2.05, 4.69) is 5.32 Å². The molecule has 9 heteroatoms. The topological polar surface area (TPSA) is 84.9 Å². The smallest absolute Gasteiger partial charge is 0.243 e. The Kier molecular flexibility index (Phi) is 7.46. The van der Waals surface area contributed by atoms with Gasteiger partial charge in [-0.05, 0) is 47.9 Å². The molecule has 0 saturated carbocycles. The highest BCUT2D eigenvalue weighted by Gasteiger charge is 2.26. The first-order valence-electron chi connectivity index (χ1n) is 10.1. The summed E-state index contributed by atoms with van der Waals surface area (Å²) in [6.45, 7) is 4.84. The second kappa shape index (κ2) is 9.89. The Bertz CT molecular complexity index is 1020. The lowest BCUT2D eigenvalue weighted by molar-refractivity contribution is -0.122. The Morgan fingerprint density at radius 3 is 2.39 bits per heavy atom. The van der Waals surface area contributed by atoms with Crippen LogP contribution in [0.15, 0.2) is 47.4 Å². The molecule has 0 saturated heterocycles. The fraction of sp³-hybridized carbons (Fsp3) is 0.409. The Balaban J connectivity index is 1.72. The van der Waals surface area contributed by atoms with Crippen LogP contribution in [0, 0.1) is 5.92 Å². The van der Waals surface area contributed by atoms with Crippen LogP contribution in [0.2, 0.25) is 5.02 Å². The lowest BCUT2D eigenvalue weighted by atomic mass is 9.95. The molecule has 1 atom stereocenters. The third kappa shape index (κ3) is 5.70. The molecule has 168 valence electrons. The fourth-order valence-electron chi connectivity index (χ4n) is 3.30. The number of benzene rings is 2. The number of nitrogens with one attached hydrogen (secondary N) is 1. The molecule has 1 aliphatic rings. The zero-order valence-electron chi connectivity index (χ0n) is 17.8. The monoisotopic (exact) mass is 466 g/mol. The summed E-state index contributed by atoms with van der Waals surface area (Å²) in [6, 6.07) is 11.1. The summed E-state index contributed by atoms with van der Waals surface area (Å²) in [4.78, 5) is 12.8. The summed E-state index contributed by atoms with van der Waals surface area (Å²) < 4.78 is 37.9. The van der Waals surface area contributed by atoms with Crippen molar-refractivity contribution in [1.82, 2.24) is 9.62 Å². The molecule has 0 bridgehead atoms. The predicted octanol–water partition coefficient (Wildman–Crippen LogP) is 3.64. The number of likely N-dealkylation sites (N-methyl/N-ethyl adjacent to an activating group) is 1. The highest BCUT2D eigenvalue weighted by atomic mass is 35.5. The summed E-state index contributed by atoms with van der Waals surface area (Å²) in [7, 11) is -2.43. The summed E-state index contributed by atoms with van der Waals surface area (Å²) >= 11 is 5.83. The van der Waals surface area contributed by atoms with Gasteiger partial charge in [-0.1, -0.05) is 31.5 Å². The van der Waals surface area contributed by atoms with E-state index < -0.39 is 15.9 Å². The molecule has 1 amide bonds. The van der Waals surface area contributed by atoms with E-state index in [1.807, 2.05) is 32.0 Å². The van der Waals surface area contributed by atoms with Crippen molar-refractivity contribution in [2.45, 2.75) is 31.2 Å². The largest absolute Gasteiger partial charge is 0.490 e. The summed E-state index contributed by atoms with van der Waals surface area (Å²) in [5, 5.41) is 3.40. The van der Waals surface area contributed by atoms with Crippen LogP contribution in [-0.4, -0.2) is 45.4 Å². The number of amides is 1. The van der Waals surface area contributed by atoms with E-state index in [0.717, 1.165) is 16.3 Å². The van der Waals surface area contributed by atoms with Crippen molar-refractivity contribution in [2.24, 2.45) is 5.92 Å². The minimum atomic E-state index is -3.81. The quantitative estimate of drug-likeness (QED) is 0.673. The highest BCUT2D eigenvalue weighted by Crippen LogP contribution is 2.34. The summed E-state index contributed by atoms with van der Waals surface area (Å²) in [6.07, 6.45) is 0.808. The predicted molar refractivity (Wildman–Crippen MR) is 119 cm³/mol. The van der Waals surface area contributed by atoms with Gasteiger partial charge in [0.2, 0.25) is 15.9 Å². The fourth-order valence-corrected chi connectivity index (χ4v) is 4.55. The maximum Gasteiger partial charge on any atom is 0.243 e. The normalized spacial score (nSPS) is 14.9. The Labute approximate surface area is 188 Å². The van der Waals surface area contributed by atoms with Gasteiger partial charge in [-0.2, -0.15) is 4.31 Å². The number of hydrogen-bond acceptors (Lipinski definition) is 5. The maximum atomic E-state index is 12.7. The van der Waals surface area contributed by atoms with Crippen LogP contribution < -0.4 is 14.8 Å². The van der Waals surface area contributed by atoms with Gasteiger partial charge in [-0.3, -0.25) is 4.79 Å². The molecule has 0 fully saturated rings. The molecule has 31 heavy (non-hydrogen) atoms. The average Bonchev–Trinajstić information content (AvgIpc) is 2.97. The van der Waals surface area contributed by atoms with Crippen molar-refractivity contribution < 1.29 is 22.7 Å². The van der Waals surface area contributed by atoms with Crippen molar-refractivity contribution in [2.75, 3.05) is 26.8 Å². The molecule has 2 aromatic carbocycles. The zero-order valence-corrected chi connectivity index (χ0v) is 19.4. The maximum absolute atomic E-state index is 12.7. The Morgan fingerprint density at radius 2 is 1.74 bits per heavy atom. The number of carbonyl (C=O) groups is 1. The van der Waals surface area contributed by atoms with Gasteiger partial charge in [0.15, 0.2) is 11.5 Å². The van der Waals surface area contributed by atoms with E-state index in [1.165, 1.54) is 31.3 Å². The van der Waals surface area contributed by atoms with Crippen LogP contribution in [0.3, 0.4) is 0 Å². The average molecular weight is 467 g/mol. The van der Waals surface area contributed by atoms with E-state index in [9.17, 15) is 13.2 Å². The van der Waals surface area contributed by atoms with Gasteiger partial charge >= 0.3 is 0 Å². The van der Waals surface area contributed by atoms with Crippen LogP contribution in [0.1, 0.15) is 31.9 Å². The number of rotatable bonds is 7. The van der Waals surface area contributed by atoms with Gasteiger partial charge in [-0.15, -0.1) is 0 Å². The second-order valence-corrected chi connectivity index (χ2v) is 10.2. The number of nitrogens with zero attached hydrogens (tertiary/aromatic N) is 1. The van der Waals surface area contributed by atoms with Gasteiger partial charge in [0, 0.05) is 18.5 Å². The first kappa shape index (κ1) is 23.4. The van der Waals surface area contributed by atoms with Crippen molar-refractivity contribution in [3.05, 3.63) is 53.1 Å². The molecule has 1 heterocycles. The molecule has 0 aromatic heterocycles. The van der Waals surface area contributed by atoms with Gasteiger partial charge in [0.1, 0.15) is 0 Å². The van der Waals surface area contributed by atoms with E-state index in [-0.39, 0.29) is 23.4 Å². The van der Waals surface area contributed by atoms with Crippen molar-refractivity contribution in [3.63, 3.8) is 0 Å². The number of halogens is 1. The molecule has 1 aliphatic heterocycles. The van der Waals surface area contributed by atoms with Gasteiger partial charge in [-0.25, -0.2) is 8.42 Å². The van der Waals surface area contributed by atoms with E-state index in [4.69, 9.17) is 21.1 Å². The molecule has 0 unspecified atom stereocenters. The first-order valence-corrected chi connectivity index (χ1v) is 11.9. The minimum absolute atomic E-state index is 0.0758. The third-order valence-electron chi connectivity index (χ3n) is 5.00. The molecule has 1 N–H and O–H groups in total. The van der Waals surface area contributed by atoms with E-state index in [0.29, 0.717) is 29.7 Å². The van der Waals surface area contributed by atoms with Gasteiger partial charge in [0.25, 0.3) is 0 Å². The number of fused-ring (bicyclic) bond motifs is 1. The highest BCUT2D eigenvalue weighted by molar-refractivity contribution is 7.89. The zero-order chi connectivity index (χ0) is 22.6. The van der Waals surface area contributed by atoms with Gasteiger partial charge in [0.05, 0.1) is 30.7 Å². The number of sulfonamides is 1. The molecule has 3 rings (SSSR count). The molecular formula is C22H27ClN2O5S. The van der Waals surface area contributed by atoms with E-state index >= 15 is 0 Å². The van der Waals surface area contributed by atoms with E-state index in [1.54, 1.807) is 0 Å². The minimum Gasteiger partial charge on any atom is -0.490 e. The van der Waals surface area contributed by atoms with Crippen LogP contribution in [0.25, 0.3) is 0 Å². The molecule has 0 spiro atoms. The molecule has 0 aliphatic carbocycles.